The van der Waals surface area contributed by atoms with Gasteiger partial charge in [0.05, 0.1) is 5.02 Å². The van der Waals surface area contributed by atoms with E-state index >= 15 is 0 Å². The fourth-order valence-electron chi connectivity index (χ4n) is 1.63. The van der Waals surface area contributed by atoms with Gasteiger partial charge < -0.3 is 10.6 Å². The molecule has 0 aliphatic carbocycles. The van der Waals surface area contributed by atoms with E-state index in [1.54, 1.807) is 23.4 Å². The minimum absolute atomic E-state index is 0.0850. The molecule has 0 saturated carbocycles. The molecule has 0 aliphatic rings. The SMILES string of the molecule is CN(Cc1ccccc1N)C(=O)c1sccc1Cl. The molecule has 0 spiro atoms. The van der Waals surface area contributed by atoms with Crippen LogP contribution in [-0.2, 0) is 6.54 Å². The predicted molar refractivity (Wildman–Crippen MR) is 76.0 cm³/mol. The number of rotatable bonds is 3. The molecule has 1 aromatic carbocycles. The third-order valence-corrected chi connectivity index (χ3v) is 3.95. The molecule has 0 unspecified atom stereocenters. The van der Waals surface area contributed by atoms with Gasteiger partial charge in [0.1, 0.15) is 4.88 Å². The van der Waals surface area contributed by atoms with Gasteiger partial charge in [-0.25, -0.2) is 0 Å². The molecule has 0 radical (unpaired) electrons. The Kier molecular flexibility index (Phi) is 3.89. The van der Waals surface area contributed by atoms with E-state index in [2.05, 4.69) is 0 Å². The number of nitrogens with two attached hydrogens (primary N) is 1. The summed E-state index contributed by atoms with van der Waals surface area (Å²) in [7, 11) is 1.74. The van der Waals surface area contributed by atoms with Crippen molar-refractivity contribution in [3.05, 3.63) is 51.2 Å². The lowest BCUT2D eigenvalue weighted by atomic mass is 10.1. The molecule has 0 saturated heterocycles. The highest BCUT2D eigenvalue weighted by Crippen LogP contribution is 2.24. The van der Waals surface area contributed by atoms with Crippen molar-refractivity contribution in [2.75, 3.05) is 12.8 Å². The summed E-state index contributed by atoms with van der Waals surface area (Å²) >= 11 is 7.30. The zero-order valence-corrected chi connectivity index (χ0v) is 11.5. The highest BCUT2D eigenvalue weighted by atomic mass is 35.5. The first-order valence-electron chi connectivity index (χ1n) is 5.41. The second-order valence-corrected chi connectivity index (χ2v) is 5.28. The molecule has 0 fully saturated rings. The Morgan fingerprint density at radius 3 is 2.72 bits per heavy atom. The lowest BCUT2D eigenvalue weighted by molar-refractivity contribution is 0.0790. The Hall–Kier alpha value is -1.52. The Bertz CT molecular complexity index is 568. The quantitative estimate of drug-likeness (QED) is 0.877. The fourth-order valence-corrected chi connectivity index (χ4v) is 2.75. The maximum absolute atomic E-state index is 12.2. The number of hydrogen-bond donors (Lipinski definition) is 1. The first-order chi connectivity index (χ1) is 8.59. The van der Waals surface area contributed by atoms with Gasteiger partial charge in [0, 0.05) is 19.3 Å². The number of halogens is 1. The molecule has 3 nitrogen and oxygen atoms in total. The van der Waals surface area contributed by atoms with Gasteiger partial charge in [0.15, 0.2) is 0 Å². The number of carbonyl (C=O) groups excluding carboxylic acids is 1. The van der Waals surface area contributed by atoms with Gasteiger partial charge in [-0.1, -0.05) is 29.8 Å². The van der Waals surface area contributed by atoms with Crippen LogP contribution >= 0.6 is 22.9 Å². The summed E-state index contributed by atoms with van der Waals surface area (Å²) in [6, 6.07) is 9.24. The minimum Gasteiger partial charge on any atom is -0.398 e. The van der Waals surface area contributed by atoms with Crippen molar-refractivity contribution in [2.24, 2.45) is 0 Å². The number of amides is 1. The molecule has 0 aliphatic heterocycles. The van der Waals surface area contributed by atoms with E-state index in [9.17, 15) is 4.79 Å². The van der Waals surface area contributed by atoms with Crippen LogP contribution in [0.4, 0.5) is 5.69 Å². The van der Waals surface area contributed by atoms with E-state index < -0.39 is 0 Å². The summed E-state index contributed by atoms with van der Waals surface area (Å²) in [5.74, 6) is -0.0850. The number of para-hydroxylation sites is 1. The molecule has 1 aromatic heterocycles. The summed E-state index contributed by atoms with van der Waals surface area (Å²) in [4.78, 5) is 14.3. The molecule has 94 valence electrons. The number of nitrogen functional groups attached to an aromatic ring is 1. The van der Waals surface area contributed by atoms with Gasteiger partial charge in [-0.15, -0.1) is 11.3 Å². The zero-order chi connectivity index (χ0) is 13.1. The van der Waals surface area contributed by atoms with Gasteiger partial charge >= 0.3 is 0 Å². The summed E-state index contributed by atoms with van der Waals surface area (Å²) in [6.07, 6.45) is 0. The fraction of sp³-hybridized carbons (Fsp3) is 0.154. The number of anilines is 1. The summed E-state index contributed by atoms with van der Waals surface area (Å²) in [5.41, 5.74) is 7.48. The maximum Gasteiger partial charge on any atom is 0.265 e. The lowest BCUT2D eigenvalue weighted by Gasteiger charge is -2.17. The Morgan fingerprint density at radius 1 is 1.39 bits per heavy atom. The van der Waals surface area contributed by atoms with Crippen molar-refractivity contribution in [3.8, 4) is 0 Å². The average molecular weight is 281 g/mol. The molecule has 2 aromatic rings. The lowest BCUT2D eigenvalue weighted by Crippen LogP contribution is -2.26. The first kappa shape index (κ1) is 12.9. The first-order valence-corrected chi connectivity index (χ1v) is 6.67. The smallest absolute Gasteiger partial charge is 0.265 e. The summed E-state index contributed by atoms with van der Waals surface area (Å²) < 4.78 is 0. The Balaban J connectivity index is 2.14. The monoisotopic (exact) mass is 280 g/mol. The van der Waals surface area contributed by atoms with Crippen LogP contribution < -0.4 is 5.73 Å². The van der Waals surface area contributed by atoms with Crippen molar-refractivity contribution >= 4 is 34.5 Å². The maximum atomic E-state index is 12.2. The van der Waals surface area contributed by atoms with Gasteiger partial charge in [-0.05, 0) is 23.1 Å². The van der Waals surface area contributed by atoms with Crippen LogP contribution in [0, 0.1) is 0 Å². The minimum atomic E-state index is -0.0850. The Morgan fingerprint density at radius 2 is 2.11 bits per heavy atom. The molecule has 0 bridgehead atoms. The second-order valence-electron chi connectivity index (χ2n) is 3.96. The van der Waals surface area contributed by atoms with Gasteiger partial charge in [-0.3, -0.25) is 4.79 Å². The molecule has 1 heterocycles. The third-order valence-electron chi connectivity index (χ3n) is 2.62. The molecule has 18 heavy (non-hydrogen) atoms. The second kappa shape index (κ2) is 5.42. The van der Waals surface area contributed by atoms with Crippen LogP contribution in [0.3, 0.4) is 0 Å². The number of carbonyl (C=O) groups is 1. The van der Waals surface area contributed by atoms with Crippen LogP contribution in [0.5, 0.6) is 0 Å². The van der Waals surface area contributed by atoms with E-state index in [0.29, 0.717) is 22.1 Å². The van der Waals surface area contributed by atoms with E-state index in [1.807, 2.05) is 24.3 Å². The number of nitrogens with zero attached hydrogens (tertiary/aromatic N) is 1. The van der Waals surface area contributed by atoms with Gasteiger partial charge in [0.25, 0.3) is 5.91 Å². The van der Waals surface area contributed by atoms with E-state index in [1.165, 1.54) is 11.3 Å². The van der Waals surface area contributed by atoms with E-state index in [4.69, 9.17) is 17.3 Å². The molecular formula is C13H13ClN2OS. The van der Waals surface area contributed by atoms with Crippen LogP contribution in [0.15, 0.2) is 35.7 Å². The van der Waals surface area contributed by atoms with Crippen LogP contribution in [0.2, 0.25) is 5.02 Å². The van der Waals surface area contributed by atoms with E-state index in [-0.39, 0.29) is 5.91 Å². The standard InChI is InChI=1S/C13H13ClN2OS/c1-16(8-9-4-2-3-5-11(9)15)13(17)12-10(14)6-7-18-12/h2-7H,8,15H2,1H3. The molecule has 5 heteroatoms. The molecule has 2 rings (SSSR count). The number of thiophene rings is 1. The average Bonchev–Trinajstić information content (AvgIpc) is 2.77. The largest absolute Gasteiger partial charge is 0.398 e. The number of benzene rings is 1. The van der Waals surface area contributed by atoms with Crippen molar-refractivity contribution in [1.82, 2.24) is 4.90 Å². The van der Waals surface area contributed by atoms with E-state index in [0.717, 1.165) is 5.56 Å². The van der Waals surface area contributed by atoms with Crippen LogP contribution in [-0.4, -0.2) is 17.9 Å². The van der Waals surface area contributed by atoms with Crippen LogP contribution in [0.25, 0.3) is 0 Å². The van der Waals surface area contributed by atoms with Crippen molar-refractivity contribution in [2.45, 2.75) is 6.54 Å². The number of hydrogen-bond acceptors (Lipinski definition) is 3. The van der Waals surface area contributed by atoms with Crippen molar-refractivity contribution < 1.29 is 4.79 Å². The van der Waals surface area contributed by atoms with Gasteiger partial charge in [-0.2, -0.15) is 0 Å². The third kappa shape index (κ3) is 2.66. The highest BCUT2D eigenvalue weighted by molar-refractivity contribution is 7.12. The molecule has 2 N–H and O–H groups in total. The van der Waals surface area contributed by atoms with Crippen molar-refractivity contribution in [3.63, 3.8) is 0 Å². The normalized spacial score (nSPS) is 10.3. The highest BCUT2D eigenvalue weighted by Gasteiger charge is 2.17. The topological polar surface area (TPSA) is 46.3 Å². The summed E-state index contributed by atoms with van der Waals surface area (Å²) in [5, 5.41) is 2.30. The van der Waals surface area contributed by atoms with Crippen molar-refractivity contribution in [1.29, 1.82) is 0 Å². The van der Waals surface area contributed by atoms with Crippen LogP contribution in [0.1, 0.15) is 15.2 Å². The summed E-state index contributed by atoms with van der Waals surface area (Å²) in [6.45, 7) is 0.472. The molecular weight excluding hydrogens is 268 g/mol. The Labute approximate surface area is 115 Å². The molecule has 1 amide bonds. The zero-order valence-electron chi connectivity index (χ0n) is 9.89. The molecule has 0 atom stereocenters. The predicted octanol–water partition coefficient (Wildman–Crippen LogP) is 3.26. The van der Waals surface area contributed by atoms with Gasteiger partial charge in [0.2, 0.25) is 0 Å².